The summed E-state index contributed by atoms with van der Waals surface area (Å²) < 4.78 is 0. The van der Waals surface area contributed by atoms with E-state index in [2.05, 4.69) is 5.32 Å². The van der Waals surface area contributed by atoms with E-state index >= 15 is 0 Å². The lowest BCUT2D eigenvalue weighted by Crippen LogP contribution is -2.34. The highest BCUT2D eigenvalue weighted by Crippen LogP contribution is 2.29. The summed E-state index contributed by atoms with van der Waals surface area (Å²) >= 11 is 0. The average Bonchev–Trinajstić information content (AvgIpc) is 3.48. The number of amides is 2. The fourth-order valence-corrected chi connectivity index (χ4v) is 5.04. The summed E-state index contributed by atoms with van der Waals surface area (Å²) in [6, 6.07) is 10.3. The SMILES string of the molecule is Cc1nc(C2CCN(C(=O)C(C)c3ccccc3)C2)nc(C)c1CC(=O)NC1CCCC1. The first-order valence-electron chi connectivity index (χ1n) is 11.9. The number of carbonyl (C=O) groups excluding carboxylic acids is 2. The third-order valence-corrected chi connectivity index (χ3v) is 7.03. The van der Waals surface area contributed by atoms with Crippen molar-refractivity contribution < 1.29 is 9.59 Å². The predicted octanol–water partition coefficient (Wildman–Crippen LogP) is 3.81. The molecule has 6 nitrogen and oxygen atoms in total. The van der Waals surface area contributed by atoms with Crippen LogP contribution >= 0.6 is 0 Å². The van der Waals surface area contributed by atoms with E-state index in [-0.39, 0.29) is 23.7 Å². The molecule has 1 aromatic heterocycles. The average molecular weight is 435 g/mol. The molecule has 2 heterocycles. The van der Waals surface area contributed by atoms with Gasteiger partial charge in [0.2, 0.25) is 11.8 Å². The number of likely N-dealkylation sites (tertiary alicyclic amines) is 1. The van der Waals surface area contributed by atoms with E-state index in [0.717, 1.165) is 54.1 Å². The molecule has 0 spiro atoms. The van der Waals surface area contributed by atoms with E-state index < -0.39 is 0 Å². The highest BCUT2D eigenvalue weighted by atomic mass is 16.2. The van der Waals surface area contributed by atoms with E-state index in [1.54, 1.807) is 0 Å². The molecule has 170 valence electrons. The Hall–Kier alpha value is -2.76. The van der Waals surface area contributed by atoms with Crippen LogP contribution in [0.15, 0.2) is 30.3 Å². The molecule has 1 N–H and O–H groups in total. The summed E-state index contributed by atoms with van der Waals surface area (Å²) in [6.45, 7) is 7.28. The van der Waals surface area contributed by atoms with Gasteiger partial charge < -0.3 is 10.2 Å². The number of aromatic nitrogens is 2. The largest absolute Gasteiger partial charge is 0.353 e. The molecule has 2 fully saturated rings. The van der Waals surface area contributed by atoms with E-state index in [4.69, 9.17) is 9.97 Å². The van der Waals surface area contributed by atoms with Gasteiger partial charge in [0.25, 0.3) is 0 Å². The number of benzene rings is 1. The molecular weight excluding hydrogens is 400 g/mol. The van der Waals surface area contributed by atoms with Crippen molar-refractivity contribution in [1.82, 2.24) is 20.2 Å². The first-order valence-corrected chi connectivity index (χ1v) is 11.9. The van der Waals surface area contributed by atoms with E-state index in [1.165, 1.54) is 12.8 Å². The van der Waals surface area contributed by atoms with Gasteiger partial charge in [-0.15, -0.1) is 0 Å². The Balaban J connectivity index is 1.40. The van der Waals surface area contributed by atoms with Gasteiger partial charge in [0.05, 0.1) is 12.3 Å². The van der Waals surface area contributed by atoms with Crippen LogP contribution in [-0.2, 0) is 16.0 Å². The maximum absolute atomic E-state index is 13.0. The number of nitrogens with one attached hydrogen (secondary N) is 1. The van der Waals surface area contributed by atoms with Crippen molar-refractivity contribution in [2.24, 2.45) is 0 Å². The lowest BCUT2D eigenvalue weighted by molar-refractivity contribution is -0.131. The second-order valence-electron chi connectivity index (χ2n) is 9.36. The molecule has 2 aromatic rings. The topological polar surface area (TPSA) is 75.2 Å². The van der Waals surface area contributed by atoms with Crippen LogP contribution in [0.1, 0.15) is 79.2 Å². The standard InChI is InChI=1S/C26H34N4O2/c1-17(20-9-5-4-6-10-20)26(32)30-14-13-21(16-30)25-27-18(2)23(19(3)28-25)15-24(31)29-22-11-7-8-12-22/h4-6,9-10,17,21-22H,7-8,11-16H2,1-3H3,(H,29,31). The third kappa shape index (κ3) is 5.00. The second kappa shape index (κ2) is 9.80. The maximum Gasteiger partial charge on any atom is 0.229 e. The Labute approximate surface area is 190 Å². The lowest BCUT2D eigenvalue weighted by Gasteiger charge is -2.21. The van der Waals surface area contributed by atoms with Crippen LogP contribution in [0.2, 0.25) is 0 Å². The minimum Gasteiger partial charge on any atom is -0.353 e. The van der Waals surface area contributed by atoms with Crippen molar-refractivity contribution in [2.45, 2.75) is 77.2 Å². The van der Waals surface area contributed by atoms with Crippen molar-refractivity contribution in [3.63, 3.8) is 0 Å². The maximum atomic E-state index is 13.0. The molecule has 2 atom stereocenters. The molecule has 1 saturated heterocycles. The molecule has 4 rings (SSSR count). The monoisotopic (exact) mass is 434 g/mol. The molecule has 2 aliphatic rings. The van der Waals surface area contributed by atoms with Crippen molar-refractivity contribution in [3.8, 4) is 0 Å². The Morgan fingerprint density at radius 3 is 2.38 bits per heavy atom. The molecule has 0 radical (unpaired) electrons. The molecular formula is C26H34N4O2. The third-order valence-electron chi connectivity index (χ3n) is 7.03. The van der Waals surface area contributed by atoms with Crippen LogP contribution in [0.5, 0.6) is 0 Å². The molecule has 1 aliphatic carbocycles. The number of hydrogen-bond donors (Lipinski definition) is 1. The second-order valence-corrected chi connectivity index (χ2v) is 9.36. The minimum atomic E-state index is -0.153. The number of carbonyl (C=O) groups is 2. The lowest BCUT2D eigenvalue weighted by atomic mass is 10.00. The van der Waals surface area contributed by atoms with Gasteiger partial charge in [0.1, 0.15) is 5.82 Å². The van der Waals surface area contributed by atoms with Crippen molar-refractivity contribution in [1.29, 1.82) is 0 Å². The zero-order chi connectivity index (χ0) is 22.7. The molecule has 2 unspecified atom stereocenters. The van der Waals surface area contributed by atoms with Gasteiger partial charge in [-0.3, -0.25) is 9.59 Å². The highest BCUT2D eigenvalue weighted by Gasteiger charge is 2.32. The highest BCUT2D eigenvalue weighted by molar-refractivity contribution is 5.83. The normalized spacial score (nSPS) is 19.8. The van der Waals surface area contributed by atoms with Crippen molar-refractivity contribution in [2.75, 3.05) is 13.1 Å². The summed E-state index contributed by atoms with van der Waals surface area (Å²) in [5, 5.41) is 3.16. The minimum absolute atomic E-state index is 0.0620. The van der Waals surface area contributed by atoms with Crippen LogP contribution in [-0.4, -0.2) is 45.8 Å². The number of rotatable bonds is 6. The molecule has 32 heavy (non-hydrogen) atoms. The zero-order valence-corrected chi connectivity index (χ0v) is 19.4. The summed E-state index contributed by atoms with van der Waals surface area (Å²) in [5.74, 6) is 1.00. The van der Waals surface area contributed by atoms with E-state index in [9.17, 15) is 9.59 Å². The summed E-state index contributed by atoms with van der Waals surface area (Å²) in [4.78, 5) is 37.0. The van der Waals surface area contributed by atoms with E-state index in [1.807, 2.05) is 56.0 Å². The Bertz CT molecular complexity index is 946. The molecule has 1 aromatic carbocycles. The first-order chi connectivity index (χ1) is 15.4. The molecule has 6 heteroatoms. The first kappa shape index (κ1) is 22.4. The van der Waals surface area contributed by atoms with Gasteiger partial charge in [0.15, 0.2) is 0 Å². The zero-order valence-electron chi connectivity index (χ0n) is 19.4. The Kier molecular flexibility index (Phi) is 6.87. The summed E-state index contributed by atoms with van der Waals surface area (Å²) in [7, 11) is 0. The van der Waals surface area contributed by atoms with Crippen LogP contribution < -0.4 is 5.32 Å². The van der Waals surface area contributed by atoms with Crippen LogP contribution in [0.4, 0.5) is 0 Å². The van der Waals surface area contributed by atoms with Gasteiger partial charge in [-0.05, 0) is 45.6 Å². The molecule has 1 saturated carbocycles. The van der Waals surface area contributed by atoms with Crippen LogP contribution in [0.25, 0.3) is 0 Å². The van der Waals surface area contributed by atoms with Gasteiger partial charge in [-0.1, -0.05) is 43.2 Å². The molecule has 1 aliphatic heterocycles. The van der Waals surface area contributed by atoms with Crippen molar-refractivity contribution in [3.05, 3.63) is 58.7 Å². The number of aryl methyl sites for hydroxylation is 2. The van der Waals surface area contributed by atoms with Gasteiger partial charge in [-0.25, -0.2) is 9.97 Å². The molecule has 2 amide bonds. The summed E-state index contributed by atoms with van der Waals surface area (Å²) in [6.07, 6.45) is 5.77. The van der Waals surface area contributed by atoms with Crippen LogP contribution in [0, 0.1) is 13.8 Å². The molecule has 0 bridgehead atoms. The predicted molar refractivity (Wildman–Crippen MR) is 124 cm³/mol. The Morgan fingerprint density at radius 1 is 1.06 bits per heavy atom. The van der Waals surface area contributed by atoms with Gasteiger partial charge in [-0.2, -0.15) is 0 Å². The quantitative estimate of drug-likeness (QED) is 0.750. The number of nitrogens with zero attached hydrogens (tertiary/aromatic N) is 3. The van der Waals surface area contributed by atoms with Crippen LogP contribution in [0.3, 0.4) is 0 Å². The fraction of sp³-hybridized carbons (Fsp3) is 0.538. The Morgan fingerprint density at radius 2 is 1.72 bits per heavy atom. The smallest absolute Gasteiger partial charge is 0.229 e. The number of hydrogen-bond acceptors (Lipinski definition) is 4. The van der Waals surface area contributed by atoms with E-state index in [0.29, 0.717) is 19.0 Å². The fourth-order valence-electron chi connectivity index (χ4n) is 5.04. The van der Waals surface area contributed by atoms with Crippen molar-refractivity contribution >= 4 is 11.8 Å². The summed E-state index contributed by atoms with van der Waals surface area (Å²) in [5.41, 5.74) is 3.71. The van der Waals surface area contributed by atoms with Gasteiger partial charge in [0, 0.05) is 42.0 Å². The van der Waals surface area contributed by atoms with Gasteiger partial charge >= 0.3 is 0 Å².